The number of ketones is 1. The number of rotatable bonds is 10. The monoisotopic (exact) mass is 288 g/mol. The first-order valence-electron chi connectivity index (χ1n) is 7.49. The van der Waals surface area contributed by atoms with Crippen molar-refractivity contribution in [1.82, 2.24) is 5.32 Å². The summed E-state index contributed by atoms with van der Waals surface area (Å²) >= 11 is 0. The first-order valence-corrected chi connectivity index (χ1v) is 7.49. The van der Waals surface area contributed by atoms with Crippen molar-refractivity contribution in [3.63, 3.8) is 0 Å². The van der Waals surface area contributed by atoms with E-state index in [1.165, 1.54) is 0 Å². The van der Waals surface area contributed by atoms with Gasteiger partial charge in [-0.25, -0.2) is 0 Å². The molecule has 0 fully saturated rings. The van der Waals surface area contributed by atoms with Gasteiger partial charge in [0.2, 0.25) is 5.91 Å². The molecule has 114 valence electrons. The number of carbonyl (C=O) groups is 2. The predicted molar refractivity (Wildman–Crippen MR) is 85.7 cm³/mol. The third-order valence-electron chi connectivity index (χ3n) is 3.20. The topological polar surface area (TPSA) is 58.5 Å². The summed E-state index contributed by atoms with van der Waals surface area (Å²) in [6, 6.07) is 9.76. The molecule has 4 nitrogen and oxygen atoms in total. The molecule has 0 saturated carbocycles. The molecule has 0 atom stereocenters. The van der Waals surface area contributed by atoms with Gasteiger partial charge in [-0.2, -0.15) is 0 Å². The van der Waals surface area contributed by atoms with Crippen LogP contribution in [0.1, 0.15) is 44.1 Å². The Morgan fingerprint density at radius 2 is 1.71 bits per heavy atom. The van der Waals surface area contributed by atoms with Crippen LogP contribution < -0.4 is 5.32 Å². The molecule has 0 spiro atoms. The second kappa shape index (κ2) is 10.8. The molecule has 0 aliphatic carbocycles. The summed E-state index contributed by atoms with van der Waals surface area (Å²) in [5, 5.41) is 2.60. The third-order valence-corrected chi connectivity index (χ3v) is 3.20. The Morgan fingerprint density at radius 3 is 2.38 bits per heavy atom. The van der Waals surface area contributed by atoms with Crippen LogP contribution in [0.2, 0.25) is 0 Å². The molecule has 1 aromatic carbocycles. The van der Waals surface area contributed by atoms with Crippen molar-refractivity contribution in [2.45, 2.75) is 38.5 Å². The molecule has 1 N–H and O–H groups in total. The summed E-state index contributed by atoms with van der Waals surface area (Å²) < 4.78 is 0. The van der Waals surface area contributed by atoms with E-state index in [2.05, 4.69) is 10.3 Å². The average molecular weight is 288 g/mol. The van der Waals surface area contributed by atoms with Crippen molar-refractivity contribution in [1.29, 1.82) is 0 Å². The number of hydrogen-bond acceptors (Lipinski definition) is 3. The Balaban J connectivity index is 2.04. The van der Waals surface area contributed by atoms with E-state index in [0.717, 1.165) is 31.2 Å². The Kier molecular flexibility index (Phi) is 8.76. The molecular formula is C17H24N2O2. The molecule has 4 heteroatoms. The van der Waals surface area contributed by atoms with Gasteiger partial charge in [-0.3, -0.25) is 14.6 Å². The first kappa shape index (κ1) is 17.1. The summed E-state index contributed by atoms with van der Waals surface area (Å²) in [6.07, 6.45) is 6.64. The molecule has 0 unspecified atom stereocenters. The molecule has 1 rings (SSSR count). The molecule has 0 aliphatic rings. The van der Waals surface area contributed by atoms with Gasteiger partial charge >= 0.3 is 0 Å². The molecule has 0 aromatic heterocycles. The summed E-state index contributed by atoms with van der Waals surface area (Å²) in [5.41, 5.74) is 1.01. The van der Waals surface area contributed by atoms with Gasteiger partial charge in [-0.1, -0.05) is 43.2 Å². The number of unbranched alkanes of at least 4 members (excludes halogenated alkanes) is 3. The van der Waals surface area contributed by atoms with E-state index in [4.69, 9.17) is 0 Å². The fraction of sp³-hybridized carbons (Fsp3) is 0.471. The Bertz CT molecular complexity index is 455. The molecular weight excluding hydrogens is 264 g/mol. The minimum atomic E-state index is 0.0846. The molecule has 0 bridgehead atoms. The fourth-order valence-corrected chi connectivity index (χ4v) is 1.96. The van der Waals surface area contributed by atoms with E-state index in [0.29, 0.717) is 12.8 Å². The molecule has 1 aromatic rings. The number of nitrogens with zero attached hydrogens (tertiary/aromatic N) is 1. The van der Waals surface area contributed by atoms with E-state index in [1.807, 2.05) is 30.3 Å². The zero-order valence-electron chi connectivity index (χ0n) is 12.7. The van der Waals surface area contributed by atoms with Crippen LogP contribution in [0.4, 0.5) is 0 Å². The van der Waals surface area contributed by atoms with Crippen LogP contribution in [0.5, 0.6) is 0 Å². The van der Waals surface area contributed by atoms with E-state index in [1.54, 1.807) is 13.3 Å². The average Bonchev–Trinajstić information content (AvgIpc) is 2.51. The number of Topliss-reactive ketones (excluding diaryl/α,β-unsaturated/α-hetero) is 1. The quantitative estimate of drug-likeness (QED) is 0.531. The highest BCUT2D eigenvalue weighted by Gasteiger charge is 2.01. The van der Waals surface area contributed by atoms with Crippen LogP contribution in [0.15, 0.2) is 35.3 Å². The summed E-state index contributed by atoms with van der Waals surface area (Å²) in [5.74, 6) is 0.259. The minimum Gasteiger partial charge on any atom is -0.359 e. The maximum atomic E-state index is 11.6. The van der Waals surface area contributed by atoms with Gasteiger partial charge in [0.25, 0.3) is 0 Å². The van der Waals surface area contributed by atoms with Crippen molar-refractivity contribution < 1.29 is 9.59 Å². The first-order chi connectivity index (χ1) is 10.2. The van der Waals surface area contributed by atoms with Gasteiger partial charge in [-0.15, -0.1) is 0 Å². The number of hydrogen-bond donors (Lipinski definition) is 1. The fourth-order valence-electron chi connectivity index (χ4n) is 1.96. The number of benzene rings is 1. The van der Waals surface area contributed by atoms with Gasteiger partial charge in [0.15, 0.2) is 5.78 Å². The molecule has 1 amide bonds. The lowest BCUT2D eigenvalue weighted by Crippen LogP contribution is -2.16. The number of amides is 1. The minimum absolute atomic E-state index is 0.0846. The lowest BCUT2D eigenvalue weighted by molar-refractivity contribution is -0.121. The van der Waals surface area contributed by atoms with Crippen molar-refractivity contribution >= 4 is 17.9 Å². The molecule has 0 heterocycles. The highest BCUT2D eigenvalue weighted by atomic mass is 16.1. The van der Waals surface area contributed by atoms with Gasteiger partial charge in [-0.05, 0) is 18.4 Å². The number of nitrogens with one attached hydrogen (secondary N) is 1. The third kappa shape index (κ3) is 8.74. The highest BCUT2D eigenvalue weighted by Crippen LogP contribution is 2.06. The highest BCUT2D eigenvalue weighted by molar-refractivity contribution is 5.85. The van der Waals surface area contributed by atoms with Gasteiger partial charge < -0.3 is 5.32 Å². The van der Waals surface area contributed by atoms with Crippen LogP contribution in [0.3, 0.4) is 0 Å². The maximum Gasteiger partial charge on any atom is 0.219 e. The largest absolute Gasteiger partial charge is 0.359 e. The van der Waals surface area contributed by atoms with Crippen molar-refractivity contribution in [3.05, 3.63) is 35.9 Å². The van der Waals surface area contributed by atoms with Gasteiger partial charge in [0.1, 0.15) is 0 Å². The summed E-state index contributed by atoms with van der Waals surface area (Å²) in [4.78, 5) is 26.8. The zero-order valence-corrected chi connectivity index (χ0v) is 12.7. The van der Waals surface area contributed by atoms with Crippen LogP contribution >= 0.6 is 0 Å². The number of carbonyl (C=O) groups excluding carboxylic acids is 2. The van der Waals surface area contributed by atoms with Crippen molar-refractivity contribution in [2.24, 2.45) is 4.99 Å². The van der Waals surface area contributed by atoms with Crippen molar-refractivity contribution in [2.75, 3.05) is 13.6 Å². The summed E-state index contributed by atoms with van der Waals surface area (Å²) in [7, 11) is 1.65. The lowest BCUT2D eigenvalue weighted by Gasteiger charge is -2.00. The molecule has 21 heavy (non-hydrogen) atoms. The van der Waals surface area contributed by atoms with Crippen LogP contribution in [0.25, 0.3) is 0 Å². The molecule has 0 saturated heterocycles. The molecule has 0 aliphatic heterocycles. The standard InChI is InChI=1S/C17H24N2O2/c1-18-17(21)12-8-3-2-7-11-16(20)14-19-13-15-9-5-4-6-10-15/h4-6,9-10,13H,2-3,7-8,11-12,14H2,1H3,(H,18,21). The van der Waals surface area contributed by atoms with Crippen LogP contribution in [-0.2, 0) is 9.59 Å². The Morgan fingerprint density at radius 1 is 1.05 bits per heavy atom. The van der Waals surface area contributed by atoms with E-state index in [-0.39, 0.29) is 18.2 Å². The predicted octanol–water partition coefficient (Wildman–Crippen LogP) is 2.76. The van der Waals surface area contributed by atoms with Gasteiger partial charge in [0, 0.05) is 26.1 Å². The zero-order chi connectivity index (χ0) is 15.3. The van der Waals surface area contributed by atoms with Crippen molar-refractivity contribution in [3.8, 4) is 0 Å². The van der Waals surface area contributed by atoms with E-state index in [9.17, 15) is 9.59 Å². The normalized spacial score (nSPS) is 10.7. The van der Waals surface area contributed by atoms with E-state index >= 15 is 0 Å². The van der Waals surface area contributed by atoms with Crippen LogP contribution in [-0.4, -0.2) is 31.5 Å². The SMILES string of the molecule is CNC(=O)CCCCCCC(=O)CN=Cc1ccccc1. The van der Waals surface area contributed by atoms with E-state index < -0.39 is 0 Å². The second-order valence-electron chi connectivity index (χ2n) is 5.01. The Labute approximate surface area is 126 Å². The number of aliphatic imine (C=N–C) groups is 1. The lowest BCUT2D eigenvalue weighted by atomic mass is 10.1. The second-order valence-corrected chi connectivity index (χ2v) is 5.01. The maximum absolute atomic E-state index is 11.6. The van der Waals surface area contributed by atoms with Gasteiger partial charge in [0.05, 0.1) is 6.54 Å². The smallest absolute Gasteiger partial charge is 0.219 e. The molecule has 0 radical (unpaired) electrons. The summed E-state index contributed by atoms with van der Waals surface area (Å²) in [6.45, 7) is 0.257. The Hall–Kier alpha value is -1.97. The van der Waals surface area contributed by atoms with Crippen LogP contribution in [0, 0.1) is 0 Å².